The van der Waals surface area contributed by atoms with Crippen LogP contribution in [0.2, 0.25) is 0 Å². The van der Waals surface area contributed by atoms with Crippen molar-refractivity contribution in [2.75, 3.05) is 37.7 Å². The van der Waals surface area contributed by atoms with Gasteiger partial charge in [-0.15, -0.1) is 0 Å². The first-order chi connectivity index (χ1) is 16.1. The third kappa shape index (κ3) is 3.96. The van der Waals surface area contributed by atoms with Crippen LogP contribution in [0.1, 0.15) is 37.7 Å². The van der Waals surface area contributed by atoms with Crippen molar-refractivity contribution < 1.29 is 13.9 Å². The first kappa shape index (κ1) is 21.5. The highest BCUT2D eigenvalue weighted by atomic mass is 19.1. The van der Waals surface area contributed by atoms with Crippen molar-refractivity contribution in [3.8, 4) is 6.07 Å². The number of nitriles is 1. The van der Waals surface area contributed by atoms with E-state index in [0.717, 1.165) is 64.2 Å². The Morgan fingerprint density at radius 1 is 1.24 bits per heavy atom. The number of benzene rings is 1. The van der Waals surface area contributed by atoms with Crippen LogP contribution in [0.5, 0.6) is 0 Å². The molecule has 1 N–H and O–H groups in total. The van der Waals surface area contributed by atoms with Crippen LogP contribution in [0, 0.1) is 34.9 Å². The number of ketones is 1. The highest BCUT2D eigenvalue weighted by Crippen LogP contribution is 2.38. The maximum absolute atomic E-state index is 15.1. The Kier molecular flexibility index (Phi) is 5.64. The van der Waals surface area contributed by atoms with Gasteiger partial charge in [0, 0.05) is 43.8 Å². The summed E-state index contributed by atoms with van der Waals surface area (Å²) in [4.78, 5) is 17.7. The summed E-state index contributed by atoms with van der Waals surface area (Å²) in [5.41, 5.74) is 1.47. The third-order valence-corrected chi connectivity index (χ3v) is 8.88. The second-order valence-corrected chi connectivity index (χ2v) is 10.8. The molecule has 1 saturated carbocycles. The van der Waals surface area contributed by atoms with Gasteiger partial charge >= 0.3 is 0 Å². The minimum atomic E-state index is -0.483. The molecule has 2 unspecified atom stereocenters. The van der Waals surface area contributed by atoms with Gasteiger partial charge in [0.25, 0.3) is 0 Å². The van der Waals surface area contributed by atoms with Gasteiger partial charge in [-0.25, -0.2) is 4.39 Å². The van der Waals surface area contributed by atoms with E-state index in [2.05, 4.69) is 21.2 Å². The molecule has 0 amide bonds. The molecule has 33 heavy (non-hydrogen) atoms. The lowest BCUT2D eigenvalue weighted by Gasteiger charge is -2.36. The predicted molar refractivity (Wildman–Crippen MR) is 122 cm³/mol. The fourth-order valence-electron chi connectivity index (χ4n) is 6.94. The SMILES string of the molecule is N#C[C@@H](CC(=O)[C@H]1N[C@@H]2CC[C@H]1C2)Cc1ccc(N2CCC3CN(C4COC4)CC32)cc1F. The number of hydrogen-bond acceptors (Lipinski definition) is 6. The molecule has 4 saturated heterocycles. The topological polar surface area (TPSA) is 68.6 Å². The first-order valence-electron chi connectivity index (χ1n) is 12.6. The van der Waals surface area contributed by atoms with E-state index in [1.807, 2.05) is 12.1 Å². The molecule has 176 valence electrons. The largest absolute Gasteiger partial charge is 0.378 e. The van der Waals surface area contributed by atoms with Crippen LogP contribution in [-0.4, -0.2) is 67.7 Å². The number of anilines is 1. The molecule has 6 nitrogen and oxygen atoms in total. The zero-order valence-electron chi connectivity index (χ0n) is 19.1. The number of halogens is 1. The van der Waals surface area contributed by atoms with Crippen LogP contribution < -0.4 is 10.2 Å². The number of piperidine rings is 1. The number of fused-ring (bicyclic) bond motifs is 3. The number of Topliss-reactive ketones (excluding diaryl/α,β-unsaturated/α-hetero) is 1. The van der Waals surface area contributed by atoms with Gasteiger partial charge in [0.15, 0.2) is 5.78 Å². The Balaban J connectivity index is 1.09. The van der Waals surface area contributed by atoms with Crippen molar-refractivity contribution in [1.29, 1.82) is 5.26 Å². The second kappa shape index (κ2) is 8.65. The highest BCUT2D eigenvalue weighted by molar-refractivity contribution is 5.85. The van der Waals surface area contributed by atoms with Crippen molar-refractivity contribution in [1.82, 2.24) is 10.2 Å². The zero-order chi connectivity index (χ0) is 22.5. The molecule has 6 atom stereocenters. The Bertz CT molecular complexity index is 960. The van der Waals surface area contributed by atoms with Gasteiger partial charge in [0.1, 0.15) is 5.82 Å². The molecule has 1 aliphatic carbocycles. The standard InChI is InChI=1S/C26H33FN4O2/c27-23-10-21(31-6-5-19-12-30(13-24(19)31)22-14-33-15-22)4-2-17(23)7-16(11-28)8-25(32)26-18-1-3-20(9-18)29-26/h2,4,10,16,18-20,22,24,26,29H,1,3,5-9,12-15H2/t16-,18+,19?,20-,24?,26+/m1/s1. The van der Waals surface area contributed by atoms with E-state index in [-0.39, 0.29) is 30.5 Å². The fraction of sp³-hybridized carbons (Fsp3) is 0.692. The van der Waals surface area contributed by atoms with E-state index < -0.39 is 5.92 Å². The highest BCUT2D eigenvalue weighted by Gasteiger charge is 2.45. The summed E-state index contributed by atoms with van der Waals surface area (Å²) in [5.74, 6) is 0.441. The number of nitrogens with zero attached hydrogens (tertiary/aromatic N) is 3. The predicted octanol–water partition coefficient (Wildman–Crippen LogP) is 2.52. The van der Waals surface area contributed by atoms with Crippen molar-refractivity contribution in [2.24, 2.45) is 17.8 Å². The minimum Gasteiger partial charge on any atom is -0.378 e. The van der Waals surface area contributed by atoms with E-state index in [4.69, 9.17) is 4.74 Å². The molecular formula is C26H33FN4O2. The lowest BCUT2D eigenvalue weighted by Crippen LogP contribution is -2.49. The number of nitrogens with one attached hydrogen (secondary N) is 1. The van der Waals surface area contributed by atoms with Crippen LogP contribution in [0.25, 0.3) is 0 Å². The summed E-state index contributed by atoms with van der Waals surface area (Å²) in [6.45, 7) is 4.78. The molecule has 0 aromatic heterocycles. The van der Waals surface area contributed by atoms with Gasteiger partial charge in [-0.2, -0.15) is 5.26 Å². The Morgan fingerprint density at radius 3 is 2.79 bits per heavy atom. The molecule has 7 heteroatoms. The number of carbonyl (C=O) groups excluding carboxylic acids is 1. The fourth-order valence-corrected chi connectivity index (χ4v) is 6.94. The second-order valence-electron chi connectivity index (χ2n) is 10.8. The maximum Gasteiger partial charge on any atom is 0.151 e. The molecule has 0 spiro atoms. The molecule has 2 bridgehead atoms. The smallest absolute Gasteiger partial charge is 0.151 e. The van der Waals surface area contributed by atoms with Gasteiger partial charge in [0.2, 0.25) is 0 Å². The van der Waals surface area contributed by atoms with E-state index in [9.17, 15) is 10.1 Å². The van der Waals surface area contributed by atoms with E-state index in [1.54, 1.807) is 6.07 Å². The minimum absolute atomic E-state index is 0.104. The molecule has 0 radical (unpaired) electrons. The summed E-state index contributed by atoms with van der Waals surface area (Å²) in [6, 6.07) is 9.09. The van der Waals surface area contributed by atoms with Gasteiger partial charge in [-0.3, -0.25) is 9.69 Å². The molecule has 5 fully saturated rings. The summed E-state index contributed by atoms with van der Waals surface area (Å²) >= 11 is 0. The van der Waals surface area contributed by atoms with E-state index in [1.165, 1.54) is 0 Å². The average molecular weight is 453 g/mol. The van der Waals surface area contributed by atoms with Gasteiger partial charge < -0.3 is 15.0 Å². The third-order valence-electron chi connectivity index (χ3n) is 8.88. The number of likely N-dealkylation sites (tertiary alicyclic amines) is 1. The van der Waals surface area contributed by atoms with Gasteiger partial charge in [-0.05, 0) is 61.6 Å². The zero-order valence-corrected chi connectivity index (χ0v) is 19.1. The Morgan fingerprint density at radius 2 is 2.12 bits per heavy atom. The van der Waals surface area contributed by atoms with Gasteiger partial charge in [0.05, 0.1) is 37.3 Å². The van der Waals surface area contributed by atoms with E-state index in [0.29, 0.717) is 35.5 Å². The summed E-state index contributed by atoms with van der Waals surface area (Å²) < 4.78 is 20.5. The van der Waals surface area contributed by atoms with Crippen LogP contribution in [0.3, 0.4) is 0 Å². The van der Waals surface area contributed by atoms with E-state index >= 15 is 4.39 Å². The lowest BCUT2D eigenvalue weighted by molar-refractivity contribution is -0.122. The monoisotopic (exact) mass is 452 g/mol. The Labute approximate surface area is 195 Å². The number of ether oxygens (including phenoxy) is 1. The molecule has 5 aliphatic rings. The molecule has 4 aliphatic heterocycles. The molecular weight excluding hydrogens is 419 g/mol. The van der Waals surface area contributed by atoms with Crippen molar-refractivity contribution in [2.45, 2.75) is 62.7 Å². The summed E-state index contributed by atoms with van der Waals surface area (Å²) in [5, 5.41) is 13.1. The first-order valence-corrected chi connectivity index (χ1v) is 12.6. The maximum atomic E-state index is 15.1. The lowest BCUT2D eigenvalue weighted by atomic mass is 9.88. The average Bonchev–Trinajstić information content (AvgIpc) is 3.54. The van der Waals surface area contributed by atoms with Crippen molar-refractivity contribution >= 4 is 11.5 Å². The van der Waals surface area contributed by atoms with Crippen LogP contribution in [-0.2, 0) is 16.0 Å². The molecule has 6 rings (SSSR count). The number of carbonyl (C=O) groups is 1. The molecule has 1 aromatic rings. The molecule has 1 aromatic carbocycles. The number of hydrogen-bond donors (Lipinski definition) is 1. The van der Waals surface area contributed by atoms with Crippen molar-refractivity contribution in [3.05, 3.63) is 29.6 Å². The Hall–Kier alpha value is -2.01. The van der Waals surface area contributed by atoms with Crippen LogP contribution >= 0.6 is 0 Å². The molecule has 4 heterocycles. The number of rotatable bonds is 7. The van der Waals surface area contributed by atoms with Crippen molar-refractivity contribution in [3.63, 3.8) is 0 Å². The normalized spacial score (nSPS) is 34.3. The summed E-state index contributed by atoms with van der Waals surface area (Å²) in [6.07, 6.45) is 4.97. The van der Waals surface area contributed by atoms with Gasteiger partial charge in [-0.1, -0.05) is 6.07 Å². The quantitative estimate of drug-likeness (QED) is 0.686. The summed E-state index contributed by atoms with van der Waals surface area (Å²) in [7, 11) is 0. The van der Waals surface area contributed by atoms with Crippen LogP contribution in [0.15, 0.2) is 18.2 Å². The van der Waals surface area contributed by atoms with Crippen LogP contribution in [0.4, 0.5) is 10.1 Å².